The van der Waals surface area contributed by atoms with E-state index < -0.39 is 5.97 Å². The maximum atomic E-state index is 12.0. The summed E-state index contributed by atoms with van der Waals surface area (Å²) in [5.41, 5.74) is 7.53. The van der Waals surface area contributed by atoms with Crippen LogP contribution in [0.5, 0.6) is 0 Å². The van der Waals surface area contributed by atoms with Crippen LogP contribution in [0.3, 0.4) is 0 Å². The minimum Gasteiger partial charge on any atom is -0.455 e. The van der Waals surface area contributed by atoms with E-state index in [1.165, 1.54) is 0 Å². The van der Waals surface area contributed by atoms with E-state index in [0.29, 0.717) is 34.5 Å². The lowest BCUT2D eigenvalue weighted by Crippen LogP contribution is -2.07. The summed E-state index contributed by atoms with van der Waals surface area (Å²) in [5, 5.41) is 8.51. The molecule has 0 aliphatic carbocycles. The summed E-state index contributed by atoms with van der Waals surface area (Å²) < 4.78 is 6.79. The topological polar surface area (TPSA) is 109 Å². The number of esters is 1. The lowest BCUT2D eigenvalue weighted by molar-refractivity contribution is 0.0467. The molecule has 3 aromatic rings. The quantitative estimate of drug-likeness (QED) is 0.661. The Kier molecular flexibility index (Phi) is 6.48. The second-order valence-corrected chi connectivity index (χ2v) is 5.75. The first-order chi connectivity index (χ1) is 12.0. The van der Waals surface area contributed by atoms with E-state index in [1.54, 1.807) is 48.3 Å². The van der Waals surface area contributed by atoms with Crippen LogP contribution in [0, 0.1) is 6.92 Å². The second kappa shape index (κ2) is 8.59. The molecule has 26 heavy (non-hydrogen) atoms. The Morgan fingerprint density at radius 1 is 1.31 bits per heavy atom. The van der Waals surface area contributed by atoms with Gasteiger partial charge in [0.1, 0.15) is 23.9 Å². The van der Waals surface area contributed by atoms with Crippen molar-refractivity contribution in [2.75, 3.05) is 5.73 Å². The van der Waals surface area contributed by atoms with Crippen LogP contribution >= 0.6 is 24.0 Å². The van der Waals surface area contributed by atoms with Gasteiger partial charge in [0.15, 0.2) is 0 Å². The summed E-state index contributed by atoms with van der Waals surface area (Å²) in [5.74, 6) is 0.552. The van der Waals surface area contributed by atoms with Crippen LogP contribution < -0.4 is 5.73 Å². The zero-order valence-electron chi connectivity index (χ0n) is 13.8. The van der Waals surface area contributed by atoms with Gasteiger partial charge in [-0.2, -0.15) is 0 Å². The lowest BCUT2D eigenvalue weighted by atomic mass is 10.2. The van der Waals surface area contributed by atoms with Crippen molar-refractivity contribution in [2.45, 2.75) is 20.1 Å². The van der Waals surface area contributed by atoms with Gasteiger partial charge in [-0.3, -0.25) is 0 Å². The van der Waals surface area contributed by atoms with Crippen LogP contribution in [0.2, 0.25) is 5.02 Å². The number of hydrogen-bond donors (Lipinski definition) is 1. The fraction of sp³-hybridized carbons (Fsp3) is 0.188. The number of aromatic nitrogens is 5. The molecule has 1 aromatic carbocycles. The molecule has 10 heteroatoms. The monoisotopic (exact) mass is 394 g/mol. The number of rotatable bonds is 5. The van der Waals surface area contributed by atoms with Gasteiger partial charge < -0.3 is 10.5 Å². The van der Waals surface area contributed by atoms with E-state index in [4.69, 9.17) is 22.1 Å². The summed E-state index contributed by atoms with van der Waals surface area (Å²) in [7, 11) is 0. The molecule has 0 spiro atoms. The van der Waals surface area contributed by atoms with Crippen molar-refractivity contribution in [3.05, 3.63) is 64.3 Å². The minimum absolute atomic E-state index is 0. The summed E-state index contributed by atoms with van der Waals surface area (Å²) in [6, 6.07) is 6.45. The summed E-state index contributed by atoms with van der Waals surface area (Å²) >= 11 is 5.79. The molecule has 0 saturated carbocycles. The van der Waals surface area contributed by atoms with Gasteiger partial charge in [0.05, 0.1) is 18.3 Å². The Balaban J connectivity index is 0.00000243. The molecule has 3 rings (SSSR count). The average Bonchev–Trinajstić information content (AvgIpc) is 3.03. The van der Waals surface area contributed by atoms with Crippen LogP contribution in [0.4, 0.5) is 5.82 Å². The number of halogens is 2. The summed E-state index contributed by atoms with van der Waals surface area (Å²) in [6.45, 7) is 2.16. The van der Waals surface area contributed by atoms with Crippen molar-refractivity contribution in [2.24, 2.45) is 0 Å². The third kappa shape index (κ3) is 4.90. The molecule has 2 heterocycles. The number of nitrogens with zero attached hydrogens (tertiary/aromatic N) is 5. The predicted octanol–water partition coefficient (Wildman–Crippen LogP) is 2.44. The van der Waals surface area contributed by atoms with Gasteiger partial charge in [0.25, 0.3) is 0 Å². The number of hydrogen-bond acceptors (Lipinski definition) is 7. The first-order valence-electron chi connectivity index (χ1n) is 7.41. The number of carbonyl (C=O) groups excluding carboxylic acids is 1. The number of nitrogen functional groups attached to an aromatic ring is 1. The van der Waals surface area contributed by atoms with Crippen LogP contribution in [-0.4, -0.2) is 30.9 Å². The molecule has 0 saturated heterocycles. The van der Waals surface area contributed by atoms with E-state index in [2.05, 4.69) is 20.3 Å². The Bertz CT molecular complexity index is 898. The molecular formula is C16H16Cl2N6O2. The molecule has 0 bridgehead atoms. The number of aryl methyl sites for hydroxylation is 1. The van der Waals surface area contributed by atoms with Crippen molar-refractivity contribution < 1.29 is 9.53 Å². The maximum absolute atomic E-state index is 12.0. The minimum atomic E-state index is -0.456. The molecule has 136 valence electrons. The molecule has 0 atom stereocenters. The van der Waals surface area contributed by atoms with E-state index >= 15 is 0 Å². The molecule has 0 fully saturated rings. The number of ether oxygens (including phenoxy) is 1. The second-order valence-electron chi connectivity index (χ2n) is 5.32. The Morgan fingerprint density at radius 2 is 2.04 bits per heavy atom. The van der Waals surface area contributed by atoms with Gasteiger partial charge in [-0.05, 0) is 31.2 Å². The lowest BCUT2D eigenvalue weighted by Gasteiger charge is -2.04. The van der Waals surface area contributed by atoms with Gasteiger partial charge in [0, 0.05) is 16.8 Å². The number of benzene rings is 1. The van der Waals surface area contributed by atoms with Crippen molar-refractivity contribution in [1.29, 1.82) is 0 Å². The van der Waals surface area contributed by atoms with Gasteiger partial charge in [-0.15, -0.1) is 17.5 Å². The largest absolute Gasteiger partial charge is 0.455 e. The van der Waals surface area contributed by atoms with Crippen molar-refractivity contribution in [3.63, 3.8) is 0 Å². The standard InChI is InChI=1S/C16H15ClN6O2.ClH/c1-10-19-6-12(15(18)20-10)7-23-8-14(21-22-23)9-25-16(24)11-2-4-13(17)5-3-11;/h2-6,8H,7,9H2,1H3,(H2,18,19,20);1H. The predicted molar refractivity (Wildman–Crippen MR) is 98.1 cm³/mol. The molecule has 0 unspecified atom stereocenters. The van der Waals surface area contributed by atoms with E-state index in [1.807, 2.05) is 0 Å². The van der Waals surface area contributed by atoms with Crippen LogP contribution in [0.1, 0.15) is 27.4 Å². The highest BCUT2D eigenvalue weighted by molar-refractivity contribution is 6.30. The van der Waals surface area contributed by atoms with E-state index in [9.17, 15) is 4.79 Å². The Morgan fingerprint density at radius 3 is 2.73 bits per heavy atom. The highest BCUT2D eigenvalue weighted by atomic mass is 35.5. The smallest absolute Gasteiger partial charge is 0.338 e. The highest BCUT2D eigenvalue weighted by Gasteiger charge is 2.10. The zero-order valence-corrected chi connectivity index (χ0v) is 15.4. The Labute approximate surface area is 160 Å². The first-order valence-corrected chi connectivity index (χ1v) is 7.79. The SMILES string of the molecule is Cc1ncc(Cn2cc(COC(=O)c3ccc(Cl)cc3)nn2)c(N)n1.Cl. The van der Waals surface area contributed by atoms with Crippen molar-refractivity contribution in [3.8, 4) is 0 Å². The number of nitrogens with two attached hydrogens (primary N) is 1. The molecule has 0 amide bonds. The van der Waals surface area contributed by atoms with Gasteiger partial charge >= 0.3 is 5.97 Å². The average molecular weight is 395 g/mol. The number of carbonyl (C=O) groups is 1. The molecule has 8 nitrogen and oxygen atoms in total. The van der Waals surface area contributed by atoms with Gasteiger partial charge in [-0.1, -0.05) is 16.8 Å². The van der Waals surface area contributed by atoms with E-state index in [-0.39, 0.29) is 19.0 Å². The molecule has 0 radical (unpaired) electrons. The van der Waals surface area contributed by atoms with Crippen molar-refractivity contribution in [1.82, 2.24) is 25.0 Å². The Hall–Kier alpha value is -2.71. The van der Waals surface area contributed by atoms with Crippen LogP contribution in [-0.2, 0) is 17.9 Å². The molecule has 2 aromatic heterocycles. The van der Waals surface area contributed by atoms with Crippen molar-refractivity contribution >= 4 is 35.8 Å². The third-order valence-corrected chi connectivity index (χ3v) is 3.62. The fourth-order valence-electron chi connectivity index (χ4n) is 2.10. The third-order valence-electron chi connectivity index (χ3n) is 3.37. The summed E-state index contributed by atoms with van der Waals surface area (Å²) in [4.78, 5) is 20.2. The highest BCUT2D eigenvalue weighted by Crippen LogP contribution is 2.12. The maximum Gasteiger partial charge on any atom is 0.338 e. The number of anilines is 1. The molecule has 0 aliphatic heterocycles. The van der Waals surface area contributed by atoms with Gasteiger partial charge in [0.2, 0.25) is 0 Å². The molecule has 2 N–H and O–H groups in total. The van der Waals surface area contributed by atoms with Crippen LogP contribution in [0.25, 0.3) is 0 Å². The van der Waals surface area contributed by atoms with Gasteiger partial charge in [-0.25, -0.2) is 19.4 Å². The first kappa shape index (κ1) is 19.6. The fourth-order valence-corrected chi connectivity index (χ4v) is 2.23. The zero-order chi connectivity index (χ0) is 17.8. The van der Waals surface area contributed by atoms with E-state index in [0.717, 1.165) is 5.56 Å². The summed E-state index contributed by atoms with van der Waals surface area (Å²) in [6.07, 6.45) is 3.33. The molecule has 0 aliphatic rings. The molecular weight excluding hydrogens is 379 g/mol. The van der Waals surface area contributed by atoms with Crippen LogP contribution in [0.15, 0.2) is 36.7 Å². The normalized spacial score (nSPS) is 10.2.